The molecule has 0 atom stereocenters. The van der Waals surface area contributed by atoms with Crippen LogP contribution < -0.4 is 10.6 Å². The molecular weight excluding hydrogens is 212 g/mol. The summed E-state index contributed by atoms with van der Waals surface area (Å²) in [4.78, 5) is 0. The summed E-state index contributed by atoms with van der Waals surface area (Å²) in [6.07, 6.45) is 7.42. The maximum absolute atomic E-state index is 8.33. The summed E-state index contributed by atoms with van der Waals surface area (Å²) in [5, 5.41) is 23.2. The van der Waals surface area contributed by atoms with E-state index in [1.54, 1.807) is 0 Å². The van der Waals surface area contributed by atoms with E-state index in [1.807, 2.05) is 0 Å². The van der Waals surface area contributed by atoms with Crippen LogP contribution in [0.4, 0.5) is 0 Å². The van der Waals surface area contributed by atoms with Crippen LogP contribution in [0.2, 0.25) is 0 Å². The highest BCUT2D eigenvalue weighted by molar-refractivity contribution is 4.70. The van der Waals surface area contributed by atoms with Crippen LogP contribution >= 0.6 is 0 Å². The van der Waals surface area contributed by atoms with Gasteiger partial charge in [0.05, 0.1) is 12.1 Å². The molecule has 4 nitrogen and oxygen atoms in total. The fourth-order valence-electron chi connectivity index (χ4n) is 1.57. The predicted molar refractivity (Wildman–Crippen MR) is 69.3 cm³/mol. The second kappa shape index (κ2) is 14.9. The van der Waals surface area contributed by atoms with E-state index in [9.17, 15) is 0 Å². The first kappa shape index (κ1) is 15.9. The Kier molecular flexibility index (Phi) is 13.9. The molecule has 0 aliphatic rings. The van der Waals surface area contributed by atoms with Crippen molar-refractivity contribution < 1.29 is 0 Å². The van der Waals surface area contributed by atoms with Crippen molar-refractivity contribution in [1.82, 2.24) is 10.6 Å². The Hall–Kier alpha value is -1.10. The molecular formula is C13H24N4. The van der Waals surface area contributed by atoms with Crippen LogP contribution in [0.5, 0.6) is 0 Å². The predicted octanol–water partition coefficient (Wildman–Crippen LogP) is 1.94. The summed E-state index contributed by atoms with van der Waals surface area (Å²) in [6, 6.07) is 4.24. The smallest absolute Gasteiger partial charge is 0.0635 e. The molecule has 0 aromatic carbocycles. The molecule has 0 saturated carbocycles. The molecule has 17 heavy (non-hydrogen) atoms. The molecule has 0 aromatic heterocycles. The zero-order chi connectivity index (χ0) is 12.6. The zero-order valence-electron chi connectivity index (χ0n) is 10.7. The van der Waals surface area contributed by atoms with Gasteiger partial charge in [0.15, 0.2) is 0 Å². The number of nitrogens with zero attached hydrogens (tertiary/aromatic N) is 2. The average molecular weight is 236 g/mol. The Labute approximate surface area is 105 Å². The van der Waals surface area contributed by atoms with Crippen molar-refractivity contribution in [3.05, 3.63) is 0 Å². The number of unbranched alkanes of at least 4 members (excludes halogenated alkanes) is 4. The van der Waals surface area contributed by atoms with Crippen LogP contribution in [0.15, 0.2) is 0 Å². The molecule has 0 amide bonds. The van der Waals surface area contributed by atoms with E-state index in [0.717, 1.165) is 26.2 Å². The Balaban J connectivity index is 2.90. The van der Waals surface area contributed by atoms with Crippen LogP contribution in [0.1, 0.15) is 44.9 Å². The minimum absolute atomic E-state index is 0.606. The third-order valence-corrected chi connectivity index (χ3v) is 2.53. The summed E-state index contributed by atoms with van der Waals surface area (Å²) in [5.74, 6) is 0. The van der Waals surface area contributed by atoms with Gasteiger partial charge in [-0.25, -0.2) is 0 Å². The van der Waals surface area contributed by atoms with Gasteiger partial charge < -0.3 is 10.6 Å². The van der Waals surface area contributed by atoms with Crippen LogP contribution in [-0.2, 0) is 0 Å². The number of rotatable bonds is 12. The maximum atomic E-state index is 8.33. The van der Waals surface area contributed by atoms with E-state index in [4.69, 9.17) is 10.5 Å². The summed E-state index contributed by atoms with van der Waals surface area (Å²) in [5.41, 5.74) is 0. The van der Waals surface area contributed by atoms with Crippen molar-refractivity contribution in [3.8, 4) is 12.1 Å². The lowest BCUT2D eigenvalue weighted by molar-refractivity contribution is 0.560. The van der Waals surface area contributed by atoms with E-state index in [1.165, 1.54) is 32.1 Å². The molecule has 0 aromatic rings. The normalized spacial score (nSPS) is 9.76. The maximum Gasteiger partial charge on any atom is 0.0635 e. The van der Waals surface area contributed by atoms with Gasteiger partial charge in [0.25, 0.3) is 0 Å². The lowest BCUT2D eigenvalue weighted by Crippen LogP contribution is -2.16. The fourth-order valence-corrected chi connectivity index (χ4v) is 1.57. The molecule has 0 aliphatic carbocycles. The van der Waals surface area contributed by atoms with Gasteiger partial charge in [0.1, 0.15) is 0 Å². The van der Waals surface area contributed by atoms with Gasteiger partial charge in [-0.05, 0) is 25.9 Å². The minimum Gasteiger partial charge on any atom is -0.316 e. The van der Waals surface area contributed by atoms with Crippen molar-refractivity contribution in [2.45, 2.75) is 44.9 Å². The second-order valence-electron chi connectivity index (χ2n) is 4.08. The van der Waals surface area contributed by atoms with Gasteiger partial charge in [-0.2, -0.15) is 10.5 Å². The highest BCUT2D eigenvalue weighted by atomic mass is 14.8. The standard InChI is InChI=1S/C13H24N4/c14-8-6-12-16-10-4-2-1-3-5-11-17-13-7-9-15/h16-17H,1-7,10-13H2. The molecule has 0 aliphatic heterocycles. The molecule has 0 saturated heterocycles. The Morgan fingerprint density at radius 1 is 0.588 bits per heavy atom. The second-order valence-corrected chi connectivity index (χ2v) is 4.08. The lowest BCUT2D eigenvalue weighted by atomic mass is 10.1. The lowest BCUT2D eigenvalue weighted by Gasteiger charge is -2.03. The summed E-state index contributed by atoms with van der Waals surface area (Å²) >= 11 is 0. The summed E-state index contributed by atoms with van der Waals surface area (Å²) in [6.45, 7) is 3.70. The monoisotopic (exact) mass is 236 g/mol. The molecule has 96 valence electrons. The van der Waals surface area contributed by atoms with E-state index in [2.05, 4.69) is 22.8 Å². The van der Waals surface area contributed by atoms with Gasteiger partial charge in [-0.1, -0.05) is 19.3 Å². The molecule has 2 N–H and O–H groups in total. The Morgan fingerprint density at radius 3 is 1.41 bits per heavy atom. The highest BCUT2D eigenvalue weighted by Crippen LogP contribution is 2.01. The third kappa shape index (κ3) is 14.9. The number of nitrogens with one attached hydrogen (secondary N) is 2. The molecule has 0 unspecified atom stereocenters. The summed E-state index contributed by atoms with van der Waals surface area (Å²) < 4.78 is 0. The van der Waals surface area contributed by atoms with Gasteiger partial charge >= 0.3 is 0 Å². The highest BCUT2D eigenvalue weighted by Gasteiger charge is 1.91. The van der Waals surface area contributed by atoms with E-state index < -0.39 is 0 Å². The molecule has 0 spiro atoms. The van der Waals surface area contributed by atoms with E-state index in [-0.39, 0.29) is 0 Å². The third-order valence-electron chi connectivity index (χ3n) is 2.53. The molecule has 4 heteroatoms. The molecule has 0 fully saturated rings. The van der Waals surface area contributed by atoms with Gasteiger partial charge in [0, 0.05) is 25.9 Å². The number of hydrogen-bond donors (Lipinski definition) is 2. The largest absolute Gasteiger partial charge is 0.316 e. The number of hydrogen-bond acceptors (Lipinski definition) is 4. The Morgan fingerprint density at radius 2 is 1.00 bits per heavy atom. The van der Waals surface area contributed by atoms with Crippen molar-refractivity contribution in [2.75, 3.05) is 26.2 Å². The van der Waals surface area contributed by atoms with E-state index >= 15 is 0 Å². The summed E-state index contributed by atoms with van der Waals surface area (Å²) in [7, 11) is 0. The first-order valence-electron chi connectivity index (χ1n) is 6.57. The van der Waals surface area contributed by atoms with Gasteiger partial charge in [0.2, 0.25) is 0 Å². The molecule has 0 radical (unpaired) electrons. The average Bonchev–Trinajstić information content (AvgIpc) is 2.35. The SMILES string of the molecule is N#CCCNCCCCCCCNCCC#N. The van der Waals surface area contributed by atoms with Crippen LogP contribution in [-0.4, -0.2) is 26.2 Å². The Bertz CT molecular complexity index is 203. The molecule has 0 heterocycles. The minimum atomic E-state index is 0.606. The van der Waals surface area contributed by atoms with Gasteiger partial charge in [-0.15, -0.1) is 0 Å². The molecule has 0 rings (SSSR count). The van der Waals surface area contributed by atoms with Crippen molar-refractivity contribution >= 4 is 0 Å². The van der Waals surface area contributed by atoms with Crippen molar-refractivity contribution in [2.24, 2.45) is 0 Å². The fraction of sp³-hybridized carbons (Fsp3) is 0.846. The van der Waals surface area contributed by atoms with Crippen LogP contribution in [0.25, 0.3) is 0 Å². The van der Waals surface area contributed by atoms with Crippen molar-refractivity contribution in [3.63, 3.8) is 0 Å². The quantitative estimate of drug-likeness (QED) is 0.508. The zero-order valence-corrected chi connectivity index (χ0v) is 10.7. The van der Waals surface area contributed by atoms with Gasteiger partial charge in [-0.3, -0.25) is 0 Å². The van der Waals surface area contributed by atoms with Crippen LogP contribution in [0.3, 0.4) is 0 Å². The van der Waals surface area contributed by atoms with Crippen LogP contribution in [0, 0.1) is 22.7 Å². The first-order chi connectivity index (χ1) is 8.41. The topological polar surface area (TPSA) is 71.6 Å². The molecule has 0 bridgehead atoms. The number of nitriles is 2. The first-order valence-corrected chi connectivity index (χ1v) is 6.57. The van der Waals surface area contributed by atoms with E-state index in [0.29, 0.717) is 12.8 Å². The van der Waals surface area contributed by atoms with Crippen molar-refractivity contribution in [1.29, 1.82) is 10.5 Å².